The van der Waals surface area contributed by atoms with Crippen LogP contribution in [0.5, 0.6) is 0 Å². The fraction of sp³-hybridized carbons (Fsp3) is 0.500. The van der Waals surface area contributed by atoms with E-state index in [1.807, 2.05) is 12.1 Å². The van der Waals surface area contributed by atoms with Crippen molar-refractivity contribution < 1.29 is 9.53 Å². The highest BCUT2D eigenvalue weighted by molar-refractivity contribution is 5.99. The number of anilines is 2. The van der Waals surface area contributed by atoms with Gasteiger partial charge in [-0.3, -0.25) is 4.79 Å². The van der Waals surface area contributed by atoms with Crippen molar-refractivity contribution in [1.29, 1.82) is 0 Å². The summed E-state index contributed by atoms with van der Waals surface area (Å²) in [4.78, 5) is 16.6. The number of hydrogen-bond donors (Lipinski definition) is 2. The smallest absolute Gasteiger partial charge is 0.232 e. The highest BCUT2D eigenvalue weighted by atomic mass is 16.5. The molecule has 90 valence electrons. The monoisotopic (exact) mass is 233 g/mol. The van der Waals surface area contributed by atoms with Crippen molar-refractivity contribution >= 4 is 17.4 Å². The minimum absolute atomic E-state index is 0.0834. The molecule has 1 aromatic rings. The maximum Gasteiger partial charge on any atom is 0.232 e. The van der Waals surface area contributed by atoms with Gasteiger partial charge in [0.05, 0.1) is 11.1 Å². The average molecular weight is 233 g/mol. The molecule has 2 aliphatic rings. The molecule has 0 aromatic carbocycles. The van der Waals surface area contributed by atoms with Crippen LogP contribution in [0.2, 0.25) is 0 Å². The predicted octanol–water partition coefficient (Wildman–Crippen LogP) is 1.24. The molecule has 2 aliphatic heterocycles. The van der Waals surface area contributed by atoms with Crippen LogP contribution in [0.1, 0.15) is 12.8 Å². The maximum absolute atomic E-state index is 12.3. The molecule has 0 unspecified atom stereocenters. The fourth-order valence-corrected chi connectivity index (χ4v) is 2.40. The number of aromatic nitrogens is 1. The fourth-order valence-electron chi connectivity index (χ4n) is 2.40. The molecule has 0 atom stereocenters. The average Bonchev–Trinajstić information content (AvgIpc) is 2.50. The van der Waals surface area contributed by atoms with Crippen molar-refractivity contribution in [2.24, 2.45) is 5.41 Å². The molecule has 2 N–H and O–H groups in total. The van der Waals surface area contributed by atoms with E-state index in [4.69, 9.17) is 4.74 Å². The lowest BCUT2D eigenvalue weighted by atomic mass is 9.79. The van der Waals surface area contributed by atoms with E-state index in [9.17, 15) is 4.79 Å². The Hall–Kier alpha value is -1.62. The molecule has 1 amide bonds. The van der Waals surface area contributed by atoms with Gasteiger partial charge in [0.2, 0.25) is 5.91 Å². The van der Waals surface area contributed by atoms with E-state index < -0.39 is 0 Å². The lowest BCUT2D eigenvalue weighted by molar-refractivity contribution is -0.129. The Labute approximate surface area is 99.6 Å². The van der Waals surface area contributed by atoms with E-state index in [1.165, 1.54) is 0 Å². The highest BCUT2D eigenvalue weighted by Gasteiger charge is 2.41. The molecule has 3 heterocycles. The summed E-state index contributed by atoms with van der Waals surface area (Å²) in [5.74, 6) is 0.837. The largest absolute Gasteiger partial charge is 0.381 e. The zero-order valence-electron chi connectivity index (χ0n) is 9.53. The number of fused-ring (bicyclic) bond motifs is 1. The molecular formula is C12H15N3O2. The van der Waals surface area contributed by atoms with Crippen LogP contribution in [-0.2, 0) is 9.53 Å². The van der Waals surface area contributed by atoms with Crippen molar-refractivity contribution in [3.05, 3.63) is 18.3 Å². The summed E-state index contributed by atoms with van der Waals surface area (Å²) in [5.41, 5.74) is 0.416. The topological polar surface area (TPSA) is 63.2 Å². The van der Waals surface area contributed by atoms with Crippen molar-refractivity contribution in [2.75, 3.05) is 30.4 Å². The van der Waals surface area contributed by atoms with Gasteiger partial charge >= 0.3 is 0 Å². The standard InChI is InChI=1S/C12H15N3O2/c16-11-12(3-6-17-7-4-12)8-14-10-9(15-11)2-1-5-13-10/h1-2,5H,3-4,6-8H2,(H,13,14)(H,15,16). The molecule has 17 heavy (non-hydrogen) atoms. The van der Waals surface area contributed by atoms with E-state index in [0.717, 1.165) is 24.3 Å². The zero-order valence-corrected chi connectivity index (χ0v) is 9.53. The summed E-state index contributed by atoms with van der Waals surface area (Å²) in [7, 11) is 0. The number of hydrogen-bond acceptors (Lipinski definition) is 4. The Bertz CT molecular complexity index is 441. The third-order valence-electron chi connectivity index (χ3n) is 3.58. The van der Waals surface area contributed by atoms with Gasteiger partial charge in [0.15, 0.2) is 0 Å². The molecule has 5 heteroatoms. The van der Waals surface area contributed by atoms with E-state index >= 15 is 0 Å². The number of nitrogens with zero attached hydrogens (tertiary/aromatic N) is 1. The van der Waals surface area contributed by atoms with Crippen LogP contribution in [-0.4, -0.2) is 30.6 Å². The summed E-state index contributed by atoms with van der Waals surface area (Å²) in [6.45, 7) is 1.93. The zero-order chi connectivity index (χ0) is 11.7. The summed E-state index contributed by atoms with van der Waals surface area (Å²) in [6.07, 6.45) is 3.25. The van der Waals surface area contributed by atoms with E-state index in [2.05, 4.69) is 15.6 Å². The van der Waals surface area contributed by atoms with Crippen molar-refractivity contribution in [2.45, 2.75) is 12.8 Å². The maximum atomic E-state index is 12.3. The second kappa shape index (κ2) is 4.00. The summed E-state index contributed by atoms with van der Waals surface area (Å²) in [6, 6.07) is 3.69. The Morgan fingerprint density at radius 1 is 1.35 bits per heavy atom. The minimum atomic E-state index is -0.348. The first-order valence-corrected chi connectivity index (χ1v) is 5.88. The Morgan fingerprint density at radius 2 is 2.18 bits per heavy atom. The number of amides is 1. The second-order valence-corrected chi connectivity index (χ2v) is 4.60. The Balaban J connectivity index is 1.91. The molecule has 0 aliphatic carbocycles. The molecule has 1 fully saturated rings. The first kappa shape index (κ1) is 10.5. The number of rotatable bonds is 0. The minimum Gasteiger partial charge on any atom is -0.381 e. The van der Waals surface area contributed by atoms with E-state index in [1.54, 1.807) is 6.20 Å². The van der Waals surface area contributed by atoms with Crippen LogP contribution in [0.4, 0.5) is 11.5 Å². The first-order valence-electron chi connectivity index (χ1n) is 5.88. The number of carbonyl (C=O) groups is 1. The Morgan fingerprint density at radius 3 is 3.00 bits per heavy atom. The van der Waals surface area contributed by atoms with Crippen molar-refractivity contribution in [3.63, 3.8) is 0 Å². The van der Waals surface area contributed by atoms with Gasteiger partial charge in [0.25, 0.3) is 0 Å². The molecule has 0 radical (unpaired) electrons. The SMILES string of the molecule is O=C1Nc2cccnc2NCC12CCOCC2. The van der Waals surface area contributed by atoms with Gasteiger partial charge in [0.1, 0.15) is 5.82 Å². The normalized spacial score (nSPS) is 22.2. The van der Waals surface area contributed by atoms with Crippen molar-refractivity contribution in [1.82, 2.24) is 4.98 Å². The third kappa shape index (κ3) is 1.76. The third-order valence-corrected chi connectivity index (χ3v) is 3.58. The number of carbonyl (C=O) groups excluding carboxylic acids is 1. The van der Waals surface area contributed by atoms with Crippen LogP contribution in [0.25, 0.3) is 0 Å². The van der Waals surface area contributed by atoms with Gasteiger partial charge in [-0.2, -0.15) is 0 Å². The molecular weight excluding hydrogens is 218 g/mol. The number of nitrogens with one attached hydrogen (secondary N) is 2. The van der Waals surface area contributed by atoms with Gasteiger partial charge in [-0.1, -0.05) is 0 Å². The molecule has 0 bridgehead atoms. The van der Waals surface area contributed by atoms with Crippen molar-refractivity contribution in [3.8, 4) is 0 Å². The molecule has 5 nitrogen and oxygen atoms in total. The molecule has 1 spiro atoms. The van der Waals surface area contributed by atoms with E-state index in [-0.39, 0.29) is 11.3 Å². The number of pyridine rings is 1. The van der Waals surface area contributed by atoms with Crippen LogP contribution in [0.15, 0.2) is 18.3 Å². The molecule has 1 saturated heterocycles. The summed E-state index contributed by atoms with van der Waals surface area (Å²) >= 11 is 0. The molecule has 3 rings (SSSR count). The van der Waals surface area contributed by atoms with Crippen LogP contribution >= 0.6 is 0 Å². The van der Waals surface area contributed by atoms with Crippen LogP contribution < -0.4 is 10.6 Å². The van der Waals surface area contributed by atoms with Gasteiger partial charge in [-0.15, -0.1) is 0 Å². The highest BCUT2D eigenvalue weighted by Crippen LogP contribution is 2.35. The lowest BCUT2D eigenvalue weighted by Crippen LogP contribution is -2.44. The van der Waals surface area contributed by atoms with Gasteiger partial charge < -0.3 is 15.4 Å². The summed E-state index contributed by atoms with van der Waals surface area (Å²) < 4.78 is 5.34. The van der Waals surface area contributed by atoms with Crippen LogP contribution in [0, 0.1) is 5.41 Å². The molecule has 1 aromatic heterocycles. The van der Waals surface area contributed by atoms with Crippen LogP contribution in [0.3, 0.4) is 0 Å². The summed E-state index contributed by atoms with van der Waals surface area (Å²) in [5, 5.41) is 6.23. The quantitative estimate of drug-likeness (QED) is 0.707. The van der Waals surface area contributed by atoms with E-state index in [0.29, 0.717) is 19.8 Å². The Kier molecular flexibility index (Phi) is 2.48. The van der Waals surface area contributed by atoms with Gasteiger partial charge in [-0.05, 0) is 25.0 Å². The first-order chi connectivity index (χ1) is 8.30. The van der Waals surface area contributed by atoms with Gasteiger partial charge in [0, 0.05) is 26.0 Å². The lowest BCUT2D eigenvalue weighted by Gasteiger charge is -2.34. The van der Waals surface area contributed by atoms with Gasteiger partial charge in [-0.25, -0.2) is 4.98 Å². The molecule has 0 saturated carbocycles. The predicted molar refractivity (Wildman–Crippen MR) is 63.8 cm³/mol. The number of ether oxygens (including phenoxy) is 1. The second-order valence-electron chi connectivity index (χ2n) is 4.60.